The smallest absolute Gasteiger partial charge is 0 e. The minimum Gasteiger partial charge on any atom is -0.809 e. The van der Waals surface area contributed by atoms with Gasteiger partial charge < -0.3 is 5.16 Å². The van der Waals surface area contributed by atoms with Gasteiger partial charge in [0.25, 0.3) is 0 Å². The molecule has 0 aliphatic heterocycles. The van der Waals surface area contributed by atoms with E-state index in [4.69, 9.17) is 5.16 Å². The molecule has 0 atom stereocenters. The van der Waals surface area contributed by atoms with Crippen molar-refractivity contribution >= 4 is 7.05 Å². The zero-order valence-corrected chi connectivity index (χ0v) is 8.20. The predicted octanol–water partition coefficient (Wildman–Crippen LogP) is 1.64. The number of nitrogens with zero attached hydrogens (tertiary/aromatic N) is 1. The number of hydrogen-bond donors (Lipinski definition) is 0. The van der Waals surface area contributed by atoms with E-state index in [1.54, 1.807) is 0 Å². The van der Waals surface area contributed by atoms with Gasteiger partial charge in [-0.15, -0.1) is 0 Å². The molecule has 35 valence electrons. The van der Waals surface area contributed by atoms with Gasteiger partial charge in [0.2, 0.25) is 0 Å². The first-order valence-electron chi connectivity index (χ1n) is 1.54. The summed E-state index contributed by atoms with van der Waals surface area (Å²) in [5.74, 6) is 0. The van der Waals surface area contributed by atoms with Crippen LogP contribution in [-0.2, 0) is 32.7 Å². The minimum atomic E-state index is -1.39. The van der Waals surface area contributed by atoms with E-state index in [1.165, 1.54) is 0 Å². The zero-order valence-electron chi connectivity index (χ0n) is 4.47. The second kappa shape index (κ2) is 3.35. The van der Waals surface area contributed by atoms with Crippen molar-refractivity contribution in [1.29, 1.82) is 0 Å². The molecule has 0 bridgehead atoms. The molecule has 0 rings (SSSR count). The van der Waals surface area contributed by atoms with E-state index in [2.05, 4.69) is 0 Å². The van der Waals surface area contributed by atoms with Crippen LogP contribution >= 0.6 is 7.05 Å². The molecule has 0 aromatic heterocycles. The van der Waals surface area contributed by atoms with Crippen molar-refractivity contribution in [1.82, 2.24) is 0 Å². The standard InChI is InChI=1S/C3H9NP.Y/c1-5(2,3)4;/h1-3H3;/q-1;. The van der Waals surface area contributed by atoms with Crippen LogP contribution in [0.2, 0.25) is 0 Å². The summed E-state index contributed by atoms with van der Waals surface area (Å²) in [6.45, 7) is 5.56. The molecule has 0 saturated heterocycles. The largest absolute Gasteiger partial charge is 0.809 e. The Morgan fingerprint density at radius 2 is 1.17 bits per heavy atom. The third kappa shape index (κ3) is 56.3. The summed E-state index contributed by atoms with van der Waals surface area (Å²) in [6, 6.07) is 0. The summed E-state index contributed by atoms with van der Waals surface area (Å²) < 4.78 is 0. The molecule has 0 fully saturated rings. The summed E-state index contributed by atoms with van der Waals surface area (Å²) in [6.07, 6.45) is 0. The van der Waals surface area contributed by atoms with E-state index < -0.39 is 7.05 Å². The molecule has 0 N–H and O–H groups in total. The average molecular weight is 179 g/mol. The number of rotatable bonds is 0. The molecule has 0 amide bonds. The molecule has 0 aromatic rings. The molecule has 0 saturated carbocycles. The first kappa shape index (κ1) is 10.3. The molecule has 6 heavy (non-hydrogen) atoms. The van der Waals surface area contributed by atoms with Gasteiger partial charge in [0.05, 0.1) is 0 Å². The van der Waals surface area contributed by atoms with E-state index in [-0.39, 0.29) is 32.7 Å². The average Bonchev–Trinajstić information content (AvgIpc) is 0.722. The second-order valence-electron chi connectivity index (χ2n) is 1.94. The van der Waals surface area contributed by atoms with Crippen molar-refractivity contribution in [3.8, 4) is 0 Å². The third-order valence-electron chi connectivity index (χ3n) is 0. The monoisotopic (exact) mass is 179 g/mol. The van der Waals surface area contributed by atoms with Crippen LogP contribution in [-0.4, -0.2) is 20.0 Å². The van der Waals surface area contributed by atoms with Crippen molar-refractivity contribution < 1.29 is 32.7 Å². The van der Waals surface area contributed by atoms with Crippen LogP contribution in [0.15, 0.2) is 0 Å². The fraction of sp³-hybridized carbons (Fsp3) is 1.00. The van der Waals surface area contributed by atoms with Crippen LogP contribution < -0.4 is 0 Å². The molecular formula is C3H9NPY-. The Morgan fingerprint density at radius 1 is 1.17 bits per heavy atom. The van der Waals surface area contributed by atoms with Gasteiger partial charge in [-0.2, -0.15) is 0 Å². The molecular weight excluding hydrogens is 170 g/mol. The van der Waals surface area contributed by atoms with Gasteiger partial charge >= 0.3 is 0 Å². The van der Waals surface area contributed by atoms with Gasteiger partial charge in [-0.05, 0) is 0 Å². The first-order chi connectivity index (χ1) is 2.00. The van der Waals surface area contributed by atoms with Crippen LogP contribution in [0.3, 0.4) is 0 Å². The summed E-state index contributed by atoms with van der Waals surface area (Å²) in [5, 5.41) is 8.63. The van der Waals surface area contributed by atoms with E-state index >= 15 is 0 Å². The minimum absolute atomic E-state index is 0. The Bertz CT molecular complexity index is 56.9. The fourth-order valence-corrected chi connectivity index (χ4v) is 0. The Balaban J connectivity index is 0. The van der Waals surface area contributed by atoms with Crippen molar-refractivity contribution in [2.75, 3.05) is 20.0 Å². The molecule has 3 heteroatoms. The third-order valence-corrected chi connectivity index (χ3v) is 0. The van der Waals surface area contributed by atoms with Crippen molar-refractivity contribution in [3.05, 3.63) is 5.16 Å². The van der Waals surface area contributed by atoms with Crippen LogP contribution in [0.5, 0.6) is 0 Å². The van der Waals surface area contributed by atoms with E-state index in [1.807, 2.05) is 20.0 Å². The van der Waals surface area contributed by atoms with Crippen LogP contribution in [0.1, 0.15) is 0 Å². The van der Waals surface area contributed by atoms with Gasteiger partial charge in [-0.25, -0.2) is 7.05 Å². The van der Waals surface area contributed by atoms with Gasteiger partial charge in [-0.3, -0.25) is 0 Å². The van der Waals surface area contributed by atoms with Crippen molar-refractivity contribution in [2.24, 2.45) is 0 Å². The summed E-state index contributed by atoms with van der Waals surface area (Å²) in [5.41, 5.74) is 0. The Kier molecular flexibility index (Phi) is 5.77. The van der Waals surface area contributed by atoms with Gasteiger partial charge in [-0.1, -0.05) is 20.0 Å². The Labute approximate surface area is 64.6 Å². The topological polar surface area (TPSA) is 22.3 Å². The van der Waals surface area contributed by atoms with Crippen molar-refractivity contribution in [3.63, 3.8) is 0 Å². The molecule has 0 aliphatic carbocycles. The van der Waals surface area contributed by atoms with Crippen LogP contribution in [0.4, 0.5) is 0 Å². The van der Waals surface area contributed by atoms with E-state index in [0.717, 1.165) is 0 Å². The normalized spacial score (nSPS) is 9.83. The number of hydrogen-bond acceptors (Lipinski definition) is 0. The second-order valence-corrected chi connectivity index (χ2v) is 5.82. The Morgan fingerprint density at radius 3 is 1.17 bits per heavy atom. The quantitative estimate of drug-likeness (QED) is 0.504. The fourth-order valence-electron chi connectivity index (χ4n) is 0. The van der Waals surface area contributed by atoms with Gasteiger partial charge in [0, 0.05) is 32.7 Å². The first-order valence-corrected chi connectivity index (χ1v) is 4.62. The molecule has 0 aliphatic rings. The van der Waals surface area contributed by atoms with Gasteiger partial charge in [0.15, 0.2) is 0 Å². The summed E-state index contributed by atoms with van der Waals surface area (Å²) >= 11 is 0. The predicted molar refractivity (Wildman–Crippen MR) is 28.1 cm³/mol. The maximum atomic E-state index is 8.63. The van der Waals surface area contributed by atoms with Crippen LogP contribution in [0.25, 0.3) is 5.16 Å². The molecule has 0 heterocycles. The van der Waals surface area contributed by atoms with E-state index in [9.17, 15) is 0 Å². The van der Waals surface area contributed by atoms with E-state index in [0.29, 0.717) is 0 Å². The Hall–Kier alpha value is 1.33. The molecule has 0 unspecified atom stereocenters. The zero-order chi connectivity index (χ0) is 4.50. The molecule has 1 radical (unpaired) electrons. The molecule has 0 spiro atoms. The van der Waals surface area contributed by atoms with Crippen LogP contribution in [0, 0.1) is 0 Å². The summed E-state index contributed by atoms with van der Waals surface area (Å²) in [4.78, 5) is 0. The maximum Gasteiger partial charge on any atom is 0 e. The summed E-state index contributed by atoms with van der Waals surface area (Å²) in [7, 11) is -1.39. The van der Waals surface area contributed by atoms with Crippen molar-refractivity contribution in [2.45, 2.75) is 0 Å². The van der Waals surface area contributed by atoms with Gasteiger partial charge in [0.1, 0.15) is 0 Å². The SMILES string of the molecule is CP(C)(C)=[N-].[Y]. The molecule has 1 nitrogen and oxygen atoms in total. The molecule has 0 aromatic carbocycles. The maximum absolute atomic E-state index is 8.63.